The molecule has 0 aliphatic heterocycles. The molecule has 0 radical (unpaired) electrons. The van der Waals surface area contributed by atoms with Crippen molar-refractivity contribution >= 4 is 12.1 Å². The van der Waals surface area contributed by atoms with Gasteiger partial charge >= 0.3 is 12.1 Å². The highest BCUT2D eigenvalue weighted by Gasteiger charge is 2.32. The van der Waals surface area contributed by atoms with E-state index in [1.54, 1.807) is 19.1 Å². The number of benzene rings is 1. The van der Waals surface area contributed by atoms with E-state index in [0.717, 1.165) is 12.0 Å². The smallest absolute Gasteiger partial charge is 0.407 e. The van der Waals surface area contributed by atoms with Crippen LogP contribution in [0.2, 0.25) is 0 Å². The first-order valence-electron chi connectivity index (χ1n) is 7.99. The van der Waals surface area contributed by atoms with Gasteiger partial charge in [0.05, 0.1) is 12.2 Å². The maximum Gasteiger partial charge on any atom is 0.407 e. The maximum atomic E-state index is 11.7. The molecule has 1 aromatic carbocycles. The number of carbonyl (C=O) groups is 2. The first-order chi connectivity index (χ1) is 10.7. The summed E-state index contributed by atoms with van der Waals surface area (Å²) in [7, 11) is 0. The molecule has 0 aromatic heterocycles. The zero-order valence-electron chi connectivity index (χ0n) is 14.6. The monoisotopic (exact) mass is 321 g/mol. The Morgan fingerprint density at radius 1 is 1.17 bits per heavy atom. The van der Waals surface area contributed by atoms with Crippen molar-refractivity contribution in [3.63, 3.8) is 0 Å². The molecule has 0 aliphatic carbocycles. The van der Waals surface area contributed by atoms with Crippen LogP contribution in [0, 0.1) is 0 Å². The average Bonchev–Trinajstić information content (AvgIpc) is 2.45. The first-order valence-corrected chi connectivity index (χ1v) is 7.99. The molecule has 0 fully saturated rings. The summed E-state index contributed by atoms with van der Waals surface area (Å²) >= 11 is 0. The Kier molecular flexibility index (Phi) is 6.61. The summed E-state index contributed by atoms with van der Waals surface area (Å²) in [5.41, 5.74) is 1.05. The van der Waals surface area contributed by atoms with Gasteiger partial charge in [0.25, 0.3) is 0 Å². The fourth-order valence-corrected chi connectivity index (χ4v) is 2.67. The Bertz CT molecular complexity index is 531. The van der Waals surface area contributed by atoms with Crippen LogP contribution in [0.1, 0.15) is 57.0 Å². The fourth-order valence-electron chi connectivity index (χ4n) is 2.67. The predicted octanol–water partition coefficient (Wildman–Crippen LogP) is 3.96. The van der Waals surface area contributed by atoms with E-state index in [1.807, 2.05) is 39.8 Å². The highest BCUT2D eigenvalue weighted by Crippen LogP contribution is 2.22. The van der Waals surface area contributed by atoms with Crippen LogP contribution >= 0.6 is 0 Å². The second-order valence-corrected chi connectivity index (χ2v) is 6.51. The van der Waals surface area contributed by atoms with Gasteiger partial charge in [0, 0.05) is 11.6 Å². The van der Waals surface area contributed by atoms with Crippen molar-refractivity contribution in [3.8, 4) is 0 Å². The average molecular weight is 321 g/mol. The van der Waals surface area contributed by atoms with Crippen LogP contribution in [0.3, 0.4) is 0 Å². The quantitative estimate of drug-likeness (QED) is 0.805. The van der Waals surface area contributed by atoms with Gasteiger partial charge in [-0.25, -0.2) is 9.59 Å². The van der Waals surface area contributed by atoms with Gasteiger partial charge in [-0.05, 0) is 58.2 Å². The lowest BCUT2D eigenvalue weighted by Gasteiger charge is -2.39. The van der Waals surface area contributed by atoms with Crippen molar-refractivity contribution < 1.29 is 19.4 Å². The van der Waals surface area contributed by atoms with E-state index in [4.69, 9.17) is 4.74 Å². The zero-order chi connectivity index (χ0) is 17.6. The highest BCUT2D eigenvalue weighted by molar-refractivity contribution is 5.89. The SMILES string of the molecule is CCOC(=O)c1ccc(C[C@H](CC)N(C(=O)O)C(C)(C)C)cc1. The number of rotatable bonds is 6. The number of esters is 1. The van der Waals surface area contributed by atoms with Crippen molar-refractivity contribution in [1.29, 1.82) is 0 Å². The Hall–Kier alpha value is -2.04. The van der Waals surface area contributed by atoms with E-state index >= 15 is 0 Å². The summed E-state index contributed by atoms with van der Waals surface area (Å²) in [5, 5.41) is 9.53. The minimum Gasteiger partial charge on any atom is -0.465 e. The van der Waals surface area contributed by atoms with Crippen LogP contribution in [0.15, 0.2) is 24.3 Å². The number of carbonyl (C=O) groups excluding carboxylic acids is 1. The van der Waals surface area contributed by atoms with Gasteiger partial charge in [-0.15, -0.1) is 0 Å². The number of ether oxygens (including phenoxy) is 1. The Morgan fingerprint density at radius 2 is 1.74 bits per heavy atom. The van der Waals surface area contributed by atoms with Gasteiger partial charge in [-0.1, -0.05) is 19.1 Å². The third-order valence-corrected chi connectivity index (χ3v) is 3.70. The number of amides is 1. The molecule has 128 valence electrons. The molecule has 1 atom stereocenters. The highest BCUT2D eigenvalue weighted by atomic mass is 16.5. The first kappa shape index (κ1) is 19.0. The Labute approximate surface area is 138 Å². The molecule has 1 aromatic rings. The molecule has 1 amide bonds. The standard InChI is InChI=1S/C18H27NO4/c1-6-15(19(17(21)22)18(3,4)5)12-13-8-10-14(11-9-13)16(20)23-7-2/h8-11,15H,6-7,12H2,1-5H3,(H,21,22)/t15-/m0/s1. The molecular weight excluding hydrogens is 294 g/mol. The third-order valence-electron chi connectivity index (χ3n) is 3.70. The van der Waals surface area contributed by atoms with Crippen LogP contribution in [-0.4, -0.2) is 40.3 Å². The van der Waals surface area contributed by atoms with Crippen molar-refractivity contribution in [2.75, 3.05) is 6.61 Å². The Morgan fingerprint density at radius 3 is 2.13 bits per heavy atom. The van der Waals surface area contributed by atoms with Gasteiger partial charge in [-0.2, -0.15) is 0 Å². The van der Waals surface area contributed by atoms with Gasteiger partial charge in [0.15, 0.2) is 0 Å². The predicted molar refractivity (Wildman–Crippen MR) is 89.8 cm³/mol. The van der Waals surface area contributed by atoms with Crippen LogP contribution in [-0.2, 0) is 11.2 Å². The molecule has 0 spiro atoms. The number of nitrogens with zero attached hydrogens (tertiary/aromatic N) is 1. The summed E-state index contributed by atoms with van der Waals surface area (Å²) in [6, 6.07) is 7.06. The van der Waals surface area contributed by atoms with E-state index in [1.165, 1.54) is 4.90 Å². The zero-order valence-corrected chi connectivity index (χ0v) is 14.6. The summed E-state index contributed by atoms with van der Waals surface area (Å²) < 4.78 is 4.96. The Balaban J connectivity index is 2.91. The minimum absolute atomic E-state index is 0.110. The number of hydrogen-bond donors (Lipinski definition) is 1. The van der Waals surface area contributed by atoms with Gasteiger partial charge in [0.2, 0.25) is 0 Å². The summed E-state index contributed by atoms with van der Waals surface area (Å²) in [6.07, 6.45) is 0.430. The maximum absolute atomic E-state index is 11.7. The molecule has 0 saturated carbocycles. The van der Waals surface area contributed by atoms with Gasteiger partial charge in [-0.3, -0.25) is 0 Å². The second kappa shape index (κ2) is 7.99. The molecular formula is C18H27NO4. The normalized spacial score (nSPS) is 12.6. The lowest BCUT2D eigenvalue weighted by atomic mass is 9.96. The number of hydrogen-bond acceptors (Lipinski definition) is 3. The molecule has 0 bridgehead atoms. The molecule has 5 nitrogen and oxygen atoms in total. The van der Waals surface area contributed by atoms with Gasteiger partial charge < -0.3 is 14.7 Å². The fraction of sp³-hybridized carbons (Fsp3) is 0.556. The number of carboxylic acid groups (broad SMARTS) is 1. The largest absolute Gasteiger partial charge is 0.465 e. The molecule has 0 aliphatic rings. The summed E-state index contributed by atoms with van der Waals surface area (Å²) in [6.45, 7) is 9.79. The van der Waals surface area contributed by atoms with E-state index in [-0.39, 0.29) is 12.0 Å². The van der Waals surface area contributed by atoms with Crippen molar-refractivity contribution in [3.05, 3.63) is 35.4 Å². The molecule has 1 rings (SSSR count). The molecule has 1 N–H and O–H groups in total. The second-order valence-electron chi connectivity index (χ2n) is 6.51. The van der Waals surface area contributed by atoms with Crippen LogP contribution in [0.4, 0.5) is 4.79 Å². The van der Waals surface area contributed by atoms with Crippen molar-refractivity contribution in [2.24, 2.45) is 0 Å². The molecule has 23 heavy (non-hydrogen) atoms. The lowest BCUT2D eigenvalue weighted by molar-refractivity contribution is 0.0526. The summed E-state index contributed by atoms with van der Waals surface area (Å²) in [4.78, 5) is 24.8. The minimum atomic E-state index is -0.910. The van der Waals surface area contributed by atoms with E-state index < -0.39 is 11.6 Å². The van der Waals surface area contributed by atoms with Crippen LogP contribution in [0.5, 0.6) is 0 Å². The molecule has 0 saturated heterocycles. The summed E-state index contributed by atoms with van der Waals surface area (Å²) in [5.74, 6) is -0.340. The van der Waals surface area contributed by atoms with E-state index in [2.05, 4.69) is 0 Å². The van der Waals surface area contributed by atoms with Gasteiger partial charge in [0.1, 0.15) is 0 Å². The molecule has 0 unspecified atom stereocenters. The van der Waals surface area contributed by atoms with E-state index in [0.29, 0.717) is 18.6 Å². The van der Waals surface area contributed by atoms with Crippen molar-refractivity contribution in [1.82, 2.24) is 4.90 Å². The van der Waals surface area contributed by atoms with Crippen molar-refractivity contribution in [2.45, 2.75) is 59.0 Å². The molecule has 5 heteroatoms. The third kappa shape index (κ3) is 5.27. The molecule has 0 heterocycles. The van der Waals surface area contributed by atoms with Crippen LogP contribution in [0.25, 0.3) is 0 Å². The lowest BCUT2D eigenvalue weighted by Crippen LogP contribution is -2.51. The van der Waals surface area contributed by atoms with Crippen LogP contribution < -0.4 is 0 Å². The topological polar surface area (TPSA) is 66.8 Å². The van der Waals surface area contributed by atoms with E-state index in [9.17, 15) is 14.7 Å².